The Hall–Kier alpha value is -1.65. The molecule has 1 aromatic heterocycles. The second-order valence-corrected chi connectivity index (χ2v) is 4.35. The summed E-state index contributed by atoms with van der Waals surface area (Å²) in [6.45, 7) is 3.18. The minimum atomic E-state index is 0.557. The van der Waals surface area contributed by atoms with Crippen LogP contribution in [-0.2, 0) is 0 Å². The summed E-state index contributed by atoms with van der Waals surface area (Å²) in [5.74, 6) is 0.607. The molecule has 2 rings (SSSR count). The van der Waals surface area contributed by atoms with Gasteiger partial charge in [0.05, 0.1) is 5.69 Å². The van der Waals surface area contributed by atoms with Gasteiger partial charge in [-0.3, -0.25) is 0 Å². The number of anilines is 1. The van der Waals surface area contributed by atoms with Gasteiger partial charge in [-0.05, 0) is 24.6 Å². The van der Waals surface area contributed by atoms with Crippen molar-refractivity contribution in [1.82, 2.24) is 9.97 Å². The fourth-order valence-corrected chi connectivity index (χ4v) is 1.78. The molecule has 0 aliphatic carbocycles. The molecule has 0 saturated carbocycles. The first-order valence-electron chi connectivity index (χ1n) is 5.74. The van der Waals surface area contributed by atoms with E-state index in [-0.39, 0.29) is 0 Å². The van der Waals surface area contributed by atoms with Crippen LogP contribution >= 0.6 is 11.6 Å². The van der Waals surface area contributed by atoms with Crippen molar-refractivity contribution in [1.29, 1.82) is 0 Å². The largest absolute Gasteiger partial charge is 0.353 e. The Morgan fingerprint density at radius 2 is 2.00 bits per heavy atom. The van der Waals surface area contributed by atoms with Crippen molar-refractivity contribution < 1.29 is 0 Å². The Balaban J connectivity index is 2.26. The van der Waals surface area contributed by atoms with Crippen LogP contribution in [0.3, 0.4) is 0 Å². The van der Waals surface area contributed by atoms with Gasteiger partial charge in [-0.2, -0.15) is 0 Å². The van der Waals surface area contributed by atoms with Crippen LogP contribution in [-0.4, -0.2) is 23.1 Å². The number of nitrogens with one attached hydrogen (secondary N) is 1. The number of aryl methyl sites for hydroxylation is 1. The summed E-state index contributed by atoms with van der Waals surface area (Å²) in [4.78, 5) is 8.66. The van der Waals surface area contributed by atoms with E-state index in [0.29, 0.717) is 19.0 Å². The van der Waals surface area contributed by atoms with Gasteiger partial charge < -0.3 is 11.1 Å². The third-order valence-corrected chi connectivity index (χ3v) is 2.81. The van der Waals surface area contributed by atoms with E-state index in [4.69, 9.17) is 17.3 Å². The lowest BCUT2D eigenvalue weighted by molar-refractivity contribution is 0.980. The highest BCUT2D eigenvalue weighted by Crippen LogP contribution is 2.23. The third-order valence-electron chi connectivity index (χ3n) is 2.56. The third kappa shape index (κ3) is 2.97. The molecule has 94 valence electrons. The van der Waals surface area contributed by atoms with Crippen LogP contribution in [0.4, 0.5) is 5.95 Å². The standard InChI is InChI=1S/C13H15ClN4/c1-9-12(10-2-4-11(14)5-3-10)8-17-13(18-9)16-7-6-15/h2-5,8H,6-7,15H2,1H3,(H,16,17,18). The fourth-order valence-electron chi connectivity index (χ4n) is 1.65. The van der Waals surface area contributed by atoms with Gasteiger partial charge in [0.2, 0.25) is 5.95 Å². The molecule has 0 saturated heterocycles. The molecule has 0 radical (unpaired) electrons. The van der Waals surface area contributed by atoms with E-state index in [1.54, 1.807) is 0 Å². The Morgan fingerprint density at radius 1 is 1.28 bits per heavy atom. The zero-order valence-corrected chi connectivity index (χ0v) is 10.9. The van der Waals surface area contributed by atoms with Gasteiger partial charge in [-0.15, -0.1) is 0 Å². The van der Waals surface area contributed by atoms with Gasteiger partial charge in [0, 0.05) is 29.9 Å². The molecule has 0 atom stereocenters. The molecule has 0 unspecified atom stereocenters. The summed E-state index contributed by atoms with van der Waals surface area (Å²) in [7, 11) is 0. The summed E-state index contributed by atoms with van der Waals surface area (Å²) in [5.41, 5.74) is 8.40. The van der Waals surface area contributed by atoms with Crippen molar-refractivity contribution in [3.8, 4) is 11.1 Å². The van der Waals surface area contributed by atoms with Gasteiger partial charge in [0.1, 0.15) is 0 Å². The van der Waals surface area contributed by atoms with Crippen molar-refractivity contribution >= 4 is 17.5 Å². The second-order valence-electron chi connectivity index (χ2n) is 3.92. The molecule has 5 heteroatoms. The Kier molecular flexibility index (Phi) is 4.12. The summed E-state index contributed by atoms with van der Waals surface area (Å²) >= 11 is 5.87. The van der Waals surface area contributed by atoms with Crippen LogP contribution in [0.1, 0.15) is 5.69 Å². The average molecular weight is 263 g/mol. The molecule has 2 aromatic rings. The zero-order valence-electron chi connectivity index (χ0n) is 10.2. The molecule has 0 spiro atoms. The van der Waals surface area contributed by atoms with E-state index >= 15 is 0 Å². The number of rotatable bonds is 4. The average Bonchev–Trinajstić information content (AvgIpc) is 2.38. The maximum Gasteiger partial charge on any atom is 0.222 e. The summed E-state index contributed by atoms with van der Waals surface area (Å²) in [6.07, 6.45) is 1.81. The predicted octanol–water partition coefficient (Wildman–Crippen LogP) is 2.48. The fraction of sp³-hybridized carbons (Fsp3) is 0.231. The van der Waals surface area contributed by atoms with Crippen LogP contribution in [0, 0.1) is 6.92 Å². The Morgan fingerprint density at radius 3 is 2.61 bits per heavy atom. The van der Waals surface area contributed by atoms with Crippen molar-refractivity contribution in [3.05, 3.63) is 41.2 Å². The van der Waals surface area contributed by atoms with E-state index in [1.165, 1.54) is 0 Å². The number of aromatic nitrogens is 2. The summed E-state index contributed by atoms with van der Waals surface area (Å²) in [5, 5.41) is 3.78. The van der Waals surface area contributed by atoms with E-state index < -0.39 is 0 Å². The number of nitrogens with zero attached hydrogens (tertiary/aromatic N) is 2. The highest BCUT2D eigenvalue weighted by atomic mass is 35.5. The maximum atomic E-state index is 5.87. The predicted molar refractivity (Wildman–Crippen MR) is 74.8 cm³/mol. The smallest absolute Gasteiger partial charge is 0.222 e. The van der Waals surface area contributed by atoms with Gasteiger partial charge in [0.15, 0.2) is 0 Å². The topological polar surface area (TPSA) is 63.8 Å². The number of benzene rings is 1. The number of hydrogen-bond donors (Lipinski definition) is 2. The quantitative estimate of drug-likeness (QED) is 0.889. The minimum absolute atomic E-state index is 0.557. The first-order chi connectivity index (χ1) is 8.70. The first kappa shape index (κ1) is 12.8. The van der Waals surface area contributed by atoms with E-state index in [1.807, 2.05) is 37.4 Å². The van der Waals surface area contributed by atoms with Crippen molar-refractivity contribution in [3.63, 3.8) is 0 Å². The maximum absolute atomic E-state index is 5.87. The van der Waals surface area contributed by atoms with E-state index in [0.717, 1.165) is 21.8 Å². The van der Waals surface area contributed by atoms with Gasteiger partial charge in [0.25, 0.3) is 0 Å². The van der Waals surface area contributed by atoms with E-state index in [2.05, 4.69) is 15.3 Å². The van der Waals surface area contributed by atoms with Crippen LogP contribution in [0.15, 0.2) is 30.5 Å². The molecule has 0 aliphatic rings. The van der Waals surface area contributed by atoms with Crippen LogP contribution < -0.4 is 11.1 Å². The molecule has 4 nitrogen and oxygen atoms in total. The van der Waals surface area contributed by atoms with Crippen LogP contribution in [0.25, 0.3) is 11.1 Å². The normalized spacial score (nSPS) is 10.4. The Bertz CT molecular complexity index is 525. The molecule has 0 amide bonds. The van der Waals surface area contributed by atoms with Crippen LogP contribution in [0.5, 0.6) is 0 Å². The lowest BCUT2D eigenvalue weighted by Crippen LogP contribution is -2.15. The molecule has 0 aliphatic heterocycles. The molecule has 0 fully saturated rings. The molecule has 18 heavy (non-hydrogen) atoms. The number of nitrogens with two attached hydrogens (primary N) is 1. The van der Waals surface area contributed by atoms with Crippen molar-refractivity contribution in [2.45, 2.75) is 6.92 Å². The molecular weight excluding hydrogens is 248 g/mol. The number of halogens is 1. The lowest BCUT2D eigenvalue weighted by atomic mass is 10.1. The summed E-state index contributed by atoms with van der Waals surface area (Å²) in [6, 6.07) is 7.63. The highest BCUT2D eigenvalue weighted by Gasteiger charge is 2.05. The second kappa shape index (κ2) is 5.80. The van der Waals surface area contributed by atoms with Gasteiger partial charge in [-0.25, -0.2) is 9.97 Å². The first-order valence-corrected chi connectivity index (χ1v) is 6.12. The van der Waals surface area contributed by atoms with Crippen molar-refractivity contribution in [2.24, 2.45) is 5.73 Å². The van der Waals surface area contributed by atoms with E-state index in [9.17, 15) is 0 Å². The molecule has 1 aromatic carbocycles. The van der Waals surface area contributed by atoms with Gasteiger partial charge >= 0.3 is 0 Å². The van der Waals surface area contributed by atoms with Crippen LogP contribution in [0.2, 0.25) is 5.02 Å². The minimum Gasteiger partial charge on any atom is -0.353 e. The molecule has 0 bridgehead atoms. The van der Waals surface area contributed by atoms with Crippen molar-refractivity contribution in [2.75, 3.05) is 18.4 Å². The number of hydrogen-bond acceptors (Lipinski definition) is 4. The lowest BCUT2D eigenvalue weighted by Gasteiger charge is -2.08. The Labute approximate surface area is 111 Å². The molecule has 3 N–H and O–H groups in total. The van der Waals surface area contributed by atoms with Gasteiger partial charge in [-0.1, -0.05) is 23.7 Å². The SMILES string of the molecule is Cc1nc(NCCN)ncc1-c1ccc(Cl)cc1. The highest BCUT2D eigenvalue weighted by molar-refractivity contribution is 6.30. The molecule has 1 heterocycles. The zero-order chi connectivity index (χ0) is 13.0. The summed E-state index contributed by atoms with van der Waals surface area (Å²) < 4.78 is 0. The molecular formula is C13H15ClN4. The monoisotopic (exact) mass is 262 g/mol.